The van der Waals surface area contributed by atoms with Crippen molar-refractivity contribution in [3.05, 3.63) is 78.6 Å². The standard InChI is InChI=1S/C22H17Cl2N3O7S/c1-11-18(22(30)33-2)21(26-17(28)10-34-16-7-6-12(23)8-15(16)24)35-19(11)20(29)25-13-4-3-5-14(9-13)27(31)32/h3-9H,10H2,1-2H3,(H,25,29)(H,26,28). The average Bonchev–Trinajstić information content (AvgIpc) is 3.13. The minimum Gasteiger partial charge on any atom is -0.482 e. The van der Waals surface area contributed by atoms with E-state index < -0.39 is 29.3 Å². The van der Waals surface area contributed by atoms with Crippen LogP contribution in [0.4, 0.5) is 16.4 Å². The van der Waals surface area contributed by atoms with Gasteiger partial charge in [-0.15, -0.1) is 11.3 Å². The molecule has 13 heteroatoms. The summed E-state index contributed by atoms with van der Waals surface area (Å²) in [4.78, 5) is 48.2. The van der Waals surface area contributed by atoms with E-state index in [4.69, 9.17) is 32.7 Å². The van der Waals surface area contributed by atoms with Gasteiger partial charge in [0.15, 0.2) is 6.61 Å². The first-order valence-corrected chi connectivity index (χ1v) is 11.3. The minimum atomic E-state index is -0.759. The number of nitrogens with one attached hydrogen (secondary N) is 2. The molecule has 0 bridgehead atoms. The molecule has 0 spiro atoms. The Balaban J connectivity index is 1.80. The van der Waals surface area contributed by atoms with E-state index in [0.29, 0.717) is 5.02 Å². The van der Waals surface area contributed by atoms with Crippen molar-refractivity contribution >= 4 is 68.7 Å². The Morgan fingerprint density at radius 1 is 1.11 bits per heavy atom. The Labute approximate surface area is 212 Å². The van der Waals surface area contributed by atoms with Crippen LogP contribution in [0.2, 0.25) is 10.0 Å². The number of rotatable bonds is 8. The molecule has 35 heavy (non-hydrogen) atoms. The van der Waals surface area contributed by atoms with Gasteiger partial charge in [-0.05, 0) is 36.8 Å². The number of hydrogen-bond acceptors (Lipinski definition) is 8. The lowest BCUT2D eigenvalue weighted by Crippen LogP contribution is -2.21. The topological polar surface area (TPSA) is 137 Å². The Kier molecular flexibility index (Phi) is 8.28. The molecule has 0 saturated heterocycles. The van der Waals surface area contributed by atoms with E-state index >= 15 is 0 Å². The van der Waals surface area contributed by atoms with E-state index in [1.54, 1.807) is 6.07 Å². The molecule has 0 aliphatic heterocycles. The third-order valence-corrected chi connectivity index (χ3v) is 6.30. The molecule has 2 aromatic carbocycles. The van der Waals surface area contributed by atoms with E-state index in [2.05, 4.69) is 10.6 Å². The third kappa shape index (κ3) is 6.27. The first-order valence-electron chi connectivity index (χ1n) is 9.76. The highest BCUT2D eigenvalue weighted by Gasteiger charge is 2.27. The Bertz CT molecular complexity index is 1330. The molecule has 1 heterocycles. The maximum atomic E-state index is 12.9. The SMILES string of the molecule is COC(=O)c1c(NC(=O)COc2ccc(Cl)cc2Cl)sc(C(=O)Nc2cccc([N+](=O)[O-])c2)c1C. The molecule has 3 aromatic rings. The fraction of sp³-hybridized carbons (Fsp3) is 0.136. The largest absolute Gasteiger partial charge is 0.482 e. The van der Waals surface area contributed by atoms with Crippen LogP contribution in [0.1, 0.15) is 25.6 Å². The van der Waals surface area contributed by atoms with E-state index in [-0.39, 0.29) is 43.2 Å². The molecule has 1 aromatic heterocycles. The number of anilines is 2. The number of non-ortho nitro benzene ring substituents is 1. The molecule has 0 aliphatic carbocycles. The number of esters is 1. The summed E-state index contributed by atoms with van der Waals surface area (Å²) >= 11 is 12.7. The Morgan fingerprint density at radius 2 is 1.86 bits per heavy atom. The highest BCUT2D eigenvalue weighted by molar-refractivity contribution is 7.19. The Hall–Kier alpha value is -3.67. The Morgan fingerprint density at radius 3 is 2.51 bits per heavy atom. The number of nitro benzene ring substituents is 1. The number of benzene rings is 2. The molecule has 2 amide bonds. The molecule has 0 fully saturated rings. The van der Waals surface area contributed by atoms with E-state index in [1.165, 1.54) is 50.4 Å². The van der Waals surface area contributed by atoms with Crippen LogP contribution in [0.3, 0.4) is 0 Å². The zero-order chi connectivity index (χ0) is 25.7. The summed E-state index contributed by atoms with van der Waals surface area (Å²) in [5.74, 6) is -1.76. The van der Waals surface area contributed by atoms with Crippen LogP contribution >= 0.6 is 34.5 Å². The van der Waals surface area contributed by atoms with Gasteiger partial charge < -0.3 is 20.1 Å². The smallest absolute Gasteiger partial charge is 0.341 e. The summed E-state index contributed by atoms with van der Waals surface area (Å²) in [7, 11) is 1.17. The molecule has 0 unspecified atom stereocenters. The van der Waals surface area contributed by atoms with Gasteiger partial charge in [0.1, 0.15) is 10.8 Å². The highest BCUT2D eigenvalue weighted by atomic mass is 35.5. The molecule has 0 saturated carbocycles. The lowest BCUT2D eigenvalue weighted by Gasteiger charge is -2.09. The van der Waals surface area contributed by atoms with Crippen molar-refractivity contribution in [3.63, 3.8) is 0 Å². The van der Waals surface area contributed by atoms with Crippen LogP contribution in [0, 0.1) is 17.0 Å². The van der Waals surface area contributed by atoms with Gasteiger partial charge in [0.05, 0.1) is 27.5 Å². The summed E-state index contributed by atoms with van der Waals surface area (Å²) < 4.78 is 10.2. The second-order valence-corrected chi connectivity index (χ2v) is 8.79. The molecule has 10 nitrogen and oxygen atoms in total. The van der Waals surface area contributed by atoms with E-state index in [0.717, 1.165) is 11.3 Å². The van der Waals surface area contributed by atoms with Gasteiger partial charge >= 0.3 is 5.97 Å². The number of carbonyl (C=O) groups excluding carboxylic acids is 3. The molecule has 2 N–H and O–H groups in total. The molecule has 182 valence electrons. The van der Waals surface area contributed by atoms with Crippen molar-refractivity contribution in [2.75, 3.05) is 24.4 Å². The van der Waals surface area contributed by atoms with Crippen molar-refractivity contribution in [1.29, 1.82) is 0 Å². The molecule has 0 atom stereocenters. The number of nitro groups is 1. The van der Waals surface area contributed by atoms with Crippen molar-refractivity contribution in [2.24, 2.45) is 0 Å². The quantitative estimate of drug-likeness (QED) is 0.225. The zero-order valence-electron chi connectivity index (χ0n) is 18.2. The lowest BCUT2D eigenvalue weighted by atomic mass is 10.1. The molecular formula is C22H17Cl2N3O7S. The van der Waals surface area contributed by atoms with Crippen molar-refractivity contribution in [1.82, 2.24) is 0 Å². The van der Waals surface area contributed by atoms with Crippen LogP contribution in [0.5, 0.6) is 5.75 Å². The predicted molar refractivity (Wildman–Crippen MR) is 132 cm³/mol. The third-order valence-electron chi connectivity index (χ3n) is 4.56. The number of carbonyl (C=O) groups is 3. The summed E-state index contributed by atoms with van der Waals surface area (Å²) in [6.07, 6.45) is 0. The number of hydrogen-bond donors (Lipinski definition) is 2. The summed E-state index contributed by atoms with van der Waals surface area (Å²) in [5.41, 5.74) is 0.256. The second-order valence-electron chi connectivity index (χ2n) is 6.93. The van der Waals surface area contributed by atoms with Gasteiger partial charge in [-0.3, -0.25) is 19.7 Å². The highest BCUT2D eigenvalue weighted by Crippen LogP contribution is 2.34. The van der Waals surface area contributed by atoms with Crippen LogP contribution in [-0.2, 0) is 9.53 Å². The zero-order valence-corrected chi connectivity index (χ0v) is 20.5. The second kappa shape index (κ2) is 11.2. The van der Waals surface area contributed by atoms with Crippen LogP contribution < -0.4 is 15.4 Å². The number of nitrogens with zero attached hydrogens (tertiary/aromatic N) is 1. The minimum absolute atomic E-state index is 0.000400. The summed E-state index contributed by atoms with van der Waals surface area (Å²) in [6, 6.07) is 9.90. The van der Waals surface area contributed by atoms with Crippen LogP contribution in [0.15, 0.2) is 42.5 Å². The summed E-state index contributed by atoms with van der Waals surface area (Å²) in [6.45, 7) is 1.08. The number of amides is 2. The summed E-state index contributed by atoms with van der Waals surface area (Å²) in [5, 5.41) is 16.8. The molecular weight excluding hydrogens is 521 g/mol. The molecule has 0 radical (unpaired) electrons. The van der Waals surface area contributed by atoms with Gasteiger partial charge in [-0.25, -0.2) is 4.79 Å². The van der Waals surface area contributed by atoms with Crippen LogP contribution in [-0.4, -0.2) is 36.4 Å². The first kappa shape index (κ1) is 25.9. The van der Waals surface area contributed by atoms with Gasteiger partial charge in [-0.1, -0.05) is 29.3 Å². The van der Waals surface area contributed by atoms with Gasteiger partial charge in [0, 0.05) is 22.8 Å². The van der Waals surface area contributed by atoms with Gasteiger partial charge in [-0.2, -0.15) is 0 Å². The fourth-order valence-corrected chi connectivity index (χ4v) is 4.52. The van der Waals surface area contributed by atoms with Crippen LogP contribution in [0.25, 0.3) is 0 Å². The predicted octanol–water partition coefficient (Wildman–Crippen LogP) is 5.33. The monoisotopic (exact) mass is 537 g/mol. The number of methoxy groups -OCH3 is 1. The maximum absolute atomic E-state index is 12.9. The number of ether oxygens (including phenoxy) is 2. The number of halogens is 2. The van der Waals surface area contributed by atoms with Gasteiger partial charge in [0.25, 0.3) is 17.5 Å². The van der Waals surface area contributed by atoms with Crippen molar-refractivity contribution in [2.45, 2.75) is 6.92 Å². The molecule has 3 rings (SSSR count). The normalized spacial score (nSPS) is 10.4. The van der Waals surface area contributed by atoms with Gasteiger partial charge in [0.2, 0.25) is 0 Å². The number of thiophene rings is 1. The van der Waals surface area contributed by atoms with E-state index in [9.17, 15) is 24.5 Å². The van der Waals surface area contributed by atoms with Crippen molar-refractivity contribution in [3.8, 4) is 5.75 Å². The lowest BCUT2D eigenvalue weighted by molar-refractivity contribution is -0.384. The van der Waals surface area contributed by atoms with E-state index in [1.807, 2.05) is 0 Å². The average molecular weight is 538 g/mol. The maximum Gasteiger partial charge on any atom is 0.341 e. The van der Waals surface area contributed by atoms with Crippen molar-refractivity contribution < 1.29 is 28.8 Å². The fourth-order valence-electron chi connectivity index (χ4n) is 2.95. The molecule has 0 aliphatic rings. The first-order chi connectivity index (χ1) is 16.6.